The second-order valence-electron chi connectivity index (χ2n) is 7.18. The van der Waals surface area contributed by atoms with Crippen molar-refractivity contribution in [3.05, 3.63) is 58.7 Å². The van der Waals surface area contributed by atoms with Crippen LogP contribution in [0.5, 0.6) is 11.5 Å². The van der Waals surface area contributed by atoms with Gasteiger partial charge in [-0.2, -0.15) is 0 Å². The molecule has 0 aliphatic rings. The number of ether oxygens (including phenoxy) is 2. The highest BCUT2D eigenvalue weighted by molar-refractivity contribution is 5.36. The molecule has 154 valence electrons. The van der Waals surface area contributed by atoms with E-state index in [4.69, 9.17) is 9.47 Å². The van der Waals surface area contributed by atoms with E-state index in [1.165, 1.54) is 26.4 Å². The van der Waals surface area contributed by atoms with Crippen LogP contribution in [0.25, 0.3) is 0 Å². The summed E-state index contributed by atoms with van der Waals surface area (Å²) in [6, 6.07) is 4.47. The summed E-state index contributed by atoms with van der Waals surface area (Å²) in [7, 11) is 2.85. The zero-order chi connectivity index (χ0) is 20.8. The number of hydrogen-bond acceptors (Lipinski definition) is 2. The van der Waals surface area contributed by atoms with Gasteiger partial charge in [-0.05, 0) is 54.4 Å². The van der Waals surface area contributed by atoms with Crippen LogP contribution in [0.4, 0.5) is 17.6 Å². The van der Waals surface area contributed by atoms with Gasteiger partial charge in [0.05, 0.1) is 14.2 Å². The fourth-order valence-corrected chi connectivity index (χ4v) is 3.57. The summed E-state index contributed by atoms with van der Waals surface area (Å²) < 4.78 is 64.4. The molecule has 0 aliphatic heterocycles. The van der Waals surface area contributed by atoms with Gasteiger partial charge in [-0.15, -0.1) is 0 Å². The SMILES string of the molecule is CC[C@@H](Cc1cc(F)c(F)cc1OC)C[C@@H](C)Cc1cc(F)c(F)cc1OC. The third-order valence-electron chi connectivity index (χ3n) is 5.04. The quantitative estimate of drug-likeness (QED) is 0.475. The summed E-state index contributed by atoms with van der Waals surface area (Å²) in [4.78, 5) is 0. The summed E-state index contributed by atoms with van der Waals surface area (Å²) in [5.41, 5.74) is 1.22. The standard InChI is InChI=1S/C22H26F4O2/c1-5-14(8-16-10-18(24)20(26)12-22(16)28-4)6-13(2)7-15-9-17(23)19(25)11-21(15)27-3/h9-14H,5-8H2,1-4H3/t13-,14-/m1/s1. The molecule has 0 aromatic heterocycles. The first kappa shape index (κ1) is 22.1. The fourth-order valence-electron chi connectivity index (χ4n) is 3.57. The number of methoxy groups -OCH3 is 2. The molecule has 2 nitrogen and oxygen atoms in total. The van der Waals surface area contributed by atoms with Crippen molar-refractivity contribution in [3.63, 3.8) is 0 Å². The molecule has 28 heavy (non-hydrogen) atoms. The van der Waals surface area contributed by atoms with E-state index in [0.717, 1.165) is 25.0 Å². The van der Waals surface area contributed by atoms with E-state index < -0.39 is 23.3 Å². The zero-order valence-electron chi connectivity index (χ0n) is 16.6. The lowest BCUT2D eigenvalue weighted by atomic mass is 9.85. The minimum absolute atomic E-state index is 0.153. The van der Waals surface area contributed by atoms with E-state index in [0.29, 0.717) is 35.5 Å². The predicted molar refractivity (Wildman–Crippen MR) is 101 cm³/mol. The Morgan fingerprint density at radius 3 is 1.61 bits per heavy atom. The maximum Gasteiger partial charge on any atom is 0.162 e. The minimum atomic E-state index is -0.940. The Morgan fingerprint density at radius 2 is 1.18 bits per heavy atom. The molecule has 0 saturated heterocycles. The molecular weight excluding hydrogens is 372 g/mol. The summed E-state index contributed by atoms with van der Waals surface area (Å²) in [6.07, 6.45) is 2.67. The van der Waals surface area contributed by atoms with Crippen molar-refractivity contribution < 1.29 is 27.0 Å². The van der Waals surface area contributed by atoms with Gasteiger partial charge in [0.25, 0.3) is 0 Å². The van der Waals surface area contributed by atoms with Crippen LogP contribution >= 0.6 is 0 Å². The van der Waals surface area contributed by atoms with E-state index >= 15 is 0 Å². The molecule has 0 aliphatic carbocycles. The largest absolute Gasteiger partial charge is 0.496 e. The lowest BCUT2D eigenvalue weighted by Gasteiger charge is -2.22. The zero-order valence-corrected chi connectivity index (χ0v) is 16.6. The third kappa shape index (κ3) is 5.40. The molecule has 0 amide bonds. The predicted octanol–water partition coefficient (Wildman–Crippen LogP) is 6.10. The first-order chi connectivity index (χ1) is 13.3. The highest BCUT2D eigenvalue weighted by Crippen LogP contribution is 2.31. The summed E-state index contributed by atoms with van der Waals surface area (Å²) in [6.45, 7) is 4.05. The molecule has 0 radical (unpaired) electrons. The Bertz CT molecular complexity index is 808. The van der Waals surface area contributed by atoms with Gasteiger partial charge in [0.1, 0.15) is 11.5 Å². The molecule has 2 rings (SSSR count). The van der Waals surface area contributed by atoms with Crippen molar-refractivity contribution in [1.29, 1.82) is 0 Å². The van der Waals surface area contributed by atoms with Crippen LogP contribution in [0.2, 0.25) is 0 Å². The highest BCUT2D eigenvalue weighted by Gasteiger charge is 2.19. The Labute approximate surface area is 163 Å². The van der Waals surface area contributed by atoms with Gasteiger partial charge in [-0.25, -0.2) is 17.6 Å². The average molecular weight is 398 g/mol. The lowest BCUT2D eigenvalue weighted by molar-refractivity contribution is 0.354. The Hall–Kier alpha value is -2.24. The van der Waals surface area contributed by atoms with Gasteiger partial charge in [-0.3, -0.25) is 0 Å². The molecule has 2 aromatic carbocycles. The van der Waals surface area contributed by atoms with Gasteiger partial charge in [0.15, 0.2) is 23.3 Å². The highest BCUT2D eigenvalue weighted by atomic mass is 19.2. The van der Waals surface area contributed by atoms with Gasteiger partial charge in [0.2, 0.25) is 0 Å². The topological polar surface area (TPSA) is 18.5 Å². The molecule has 6 heteroatoms. The first-order valence-corrected chi connectivity index (χ1v) is 9.32. The summed E-state index contributed by atoms with van der Waals surface area (Å²) in [5.74, 6) is -2.68. The molecule has 0 heterocycles. The molecular formula is C22H26F4O2. The molecule has 2 aromatic rings. The van der Waals surface area contributed by atoms with Crippen LogP contribution in [0.1, 0.15) is 37.8 Å². The molecule has 0 bridgehead atoms. The van der Waals surface area contributed by atoms with E-state index in [9.17, 15) is 17.6 Å². The Kier molecular flexibility index (Phi) is 7.72. The summed E-state index contributed by atoms with van der Waals surface area (Å²) in [5, 5.41) is 0. The average Bonchev–Trinajstić information content (AvgIpc) is 2.66. The van der Waals surface area contributed by atoms with Crippen LogP contribution in [-0.2, 0) is 12.8 Å². The van der Waals surface area contributed by atoms with Crippen LogP contribution in [0.3, 0.4) is 0 Å². The van der Waals surface area contributed by atoms with Crippen molar-refractivity contribution >= 4 is 0 Å². The molecule has 0 fully saturated rings. The maximum absolute atomic E-state index is 13.6. The second-order valence-corrected chi connectivity index (χ2v) is 7.18. The van der Waals surface area contributed by atoms with E-state index in [1.54, 1.807) is 0 Å². The smallest absolute Gasteiger partial charge is 0.162 e. The Morgan fingerprint density at radius 1 is 0.750 bits per heavy atom. The normalized spacial score (nSPS) is 13.3. The number of halogens is 4. The van der Waals surface area contributed by atoms with E-state index in [2.05, 4.69) is 0 Å². The molecule has 0 saturated carbocycles. The Balaban J connectivity index is 2.11. The third-order valence-corrected chi connectivity index (χ3v) is 5.04. The van der Waals surface area contributed by atoms with Crippen molar-refractivity contribution in [3.8, 4) is 11.5 Å². The monoisotopic (exact) mass is 398 g/mol. The van der Waals surface area contributed by atoms with Crippen LogP contribution in [0, 0.1) is 35.1 Å². The van der Waals surface area contributed by atoms with Gasteiger partial charge < -0.3 is 9.47 Å². The van der Waals surface area contributed by atoms with Gasteiger partial charge in [-0.1, -0.05) is 20.3 Å². The number of benzene rings is 2. The second kappa shape index (κ2) is 9.80. The molecule has 0 N–H and O–H groups in total. The van der Waals surface area contributed by atoms with Crippen molar-refractivity contribution in [2.75, 3.05) is 14.2 Å². The van der Waals surface area contributed by atoms with Crippen LogP contribution in [-0.4, -0.2) is 14.2 Å². The van der Waals surface area contributed by atoms with Crippen LogP contribution in [0.15, 0.2) is 24.3 Å². The van der Waals surface area contributed by atoms with Crippen molar-refractivity contribution in [1.82, 2.24) is 0 Å². The van der Waals surface area contributed by atoms with Crippen molar-refractivity contribution in [2.45, 2.75) is 39.5 Å². The lowest BCUT2D eigenvalue weighted by Crippen LogP contribution is -2.12. The fraction of sp³-hybridized carbons (Fsp3) is 0.455. The summed E-state index contributed by atoms with van der Waals surface area (Å²) >= 11 is 0. The van der Waals surface area contributed by atoms with Gasteiger partial charge >= 0.3 is 0 Å². The number of hydrogen-bond donors (Lipinski definition) is 0. The number of rotatable bonds is 9. The van der Waals surface area contributed by atoms with Crippen LogP contribution < -0.4 is 9.47 Å². The van der Waals surface area contributed by atoms with E-state index in [-0.39, 0.29) is 11.8 Å². The van der Waals surface area contributed by atoms with Crippen molar-refractivity contribution in [2.24, 2.45) is 11.8 Å². The molecule has 2 atom stereocenters. The molecule has 0 unspecified atom stereocenters. The molecule has 0 spiro atoms. The maximum atomic E-state index is 13.6. The first-order valence-electron chi connectivity index (χ1n) is 9.32. The van der Waals surface area contributed by atoms with E-state index in [1.807, 2.05) is 13.8 Å². The minimum Gasteiger partial charge on any atom is -0.496 e. The van der Waals surface area contributed by atoms with Gasteiger partial charge in [0, 0.05) is 12.1 Å².